The molecule has 5 nitrogen and oxygen atoms in total. The molecule has 0 saturated heterocycles. The number of hydrogen-bond acceptors (Lipinski definition) is 3. The van der Waals surface area contributed by atoms with Gasteiger partial charge in [0.2, 0.25) is 5.91 Å². The minimum atomic E-state index is -4.44. The molecule has 2 aromatic carbocycles. The molecule has 4 aromatic rings. The summed E-state index contributed by atoms with van der Waals surface area (Å²) >= 11 is 0. The Hall–Kier alpha value is -3.81. The molecule has 0 spiro atoms. The lowest BCUT2D eigenvalue weighted by molar-refractivity contribution is -0.137. The van der Waals surface area contributed by atoms with Gasteiger partial charge in [-0.05, 0) is 48.4 Å². The van der Waals surface area contributed by atoms with Crippen LogP contribution in [0, 0.1) is 0 Å². The normalized spacial score (nSPS) is 12.5. The minimum Gasteiger partial charge on any atom is -0.463 e. The SMILES string of the molecule is CCC(C(=O)Nc1cc(-c2ccco2)nn1-c1ccc(C(F)(F)F)cc1)c1ccccc1. The molecule has 2 heterocycles. The Morgan fingerprint density at radius 1 is 1.06 bits per heavy atom. The summed E-state index contributed by atoms with van der Waals surface area (Å²) < 4.78 is 45.7. The predicted octanol–water partition coefficient (Wildman–Crippen LogP) is 6.28. The highest BCUT2D eigenvalue weighted by molar-refractivity contribution is 5.95. The molecule has 32 heavy (non-hydrogen) atoms. The van der Waals surface area contributed by atoms with Crippen molar-refractivity contribution in [2.24, 2.45) is 0 Å². The summed E-state index contributed by atoms with van der Waals surface area (Å²) in [6.45, 7) is 1.92. The number of nitrogens with zero attached hydrogens (tertiary/aromatic N) is 2. The van der Waals surface area contributed by atoms with Crippen LogP contribution in [0.3, 0.4) is 0 Å². The van der Waals surface area contributed by atoms with E-state index in [1.54, 1.807) is 18.2 Å². The fraction of sp³-hybridized carbons (Fsp3) is 0.167. The largest absolute Gasteiger partial charge is 0.463 e. The number of alkyl halides is 3. The third-order valence-electron chi connectivity index (χ3n) is 5.10. The van der Waals surface area contributed by atoms with E-state index < -0.39 is 11.7 Å². The molecule has 0 saturated carbocycles. The molecule has 0 fully saturated rings. The molecule has 0 aliphatic carbocycles. The molecule has 0 bridgehead atoms. The van der Waals surface area contributed by atoms with Crippen LogP contribution in [0.5, 0.6) is 0 Å². The summed E-state index contributed by atoms with van der Waals surface area (Å²) in [5, 5.41) is 7.34. The van der Waals surface area contributed by atoms with Crippen LogP contribution < -0.4 is 5.32 Å². The van der Waals surface area contributed by atoms with Crippen LogP contribution in [-0.2, 0) is 11.0 Å². The maximum Gasteiger partial charge on any atom is 0.416 e. The van der Waals surface area contributed by atoms with Crippen LogP contribution in [0.2, 0.25) is 0 Å². The number of hydrogen-bond donors (Lipinski definition) is 1. The van der Waals surface area contributed by atoms with E-state index in [4.69, 9.17) is 4.42 Å². The van der Waals surface area contributed by atoms with Crippen molar-refractivity contribution in [1.29, 1.82) is 0 Å². The Morgan fingerprint density at radius 3 is 2.38 bits per heavy atom. The van der Waals surface area contributed by atoms with Crippen molar-refractivity contribution < 1.29 is 22.4 Å². The zero-order valence-electron chi connectivity index (χ0n) is 17.1. The topological polar surface area (TPSA) is 60.1 Å². The Balaban J connectivity index is 1.70. The van der Waals surface area contributed by atoms with Crippen LogP contribution in [0.15, 0.2) is 83.5 Å². The lowest BCUT2D eigenvalue weighted by Crippen LogP contribution is -2.22. The molecule has 8 heteroatoms. The zero-order valence-corrected chi connectivity index (χ0v) is 17.1. The average molecular weight is 439 g/mol. The molecule has 1 amide bonds. The summed E-state index contributed by atoms with van der Waals surface area (Å²) in [7, 11) is 0. The quantitative estimate of drug-likeness (QED) is 0.384. The highest BCUT2D eigenvalue weighted by atomic mass is 19.4. The second-order valence-electron chi connectivity index (χ2n) is 7.21. The maximum absolute atomic E-state index is 13.1. The van der Waals surface area contributed by atoms with E-state index in [1.807, 2.05) is 37.3 Å². The monoisotopic (exact) mass is 439 g/mol. The van der Waals surface area contributed by atoms with Gasteiger partial charge in [-0.15, -0.1) is 0 Å². The van der Waals surface area contributed by atoms with Gasteiger partial charge in [-0.25, -0.2) is 4.68 Å². The van der Waals surface area contributed by atoms with E-state index in [-0.39, 0.29) is 11.8 Å². The number of furan rings is 1. The molecule has 1 unspecified atom stereocenters. The van der Waals surface area contributed by atoms with Crippen molar-refractivity contribution in [2.45, 2.75) is 25.4 Å². The van der Waals surface area contributed by atoms with Crippen LogP contribution in [-0.4, -0.2) is 15.7 Å². The van der Waals surface area contributed by atoms with Gasteiger partial charge in [-0.3, -0.25) is 4.79 Å². The summed E-state index contributed by atoms with van der Waals surface area (Å²) in [6, 6.07) is 19.0. The first-order chi connectivity index (χ1) is 15.4. The van der Waals surface area contributed by atoms with Gasteiger partial charge in [0.15, 0.2) is 5.76 Å². The first-order valence-electron chi connectivity index (χ1n) is 10.0. The van der Waals surface area contributed by atoms with Crippen molar-refractivity contribution in [1.82, 2.24) is 9.78 Å². The fourth-order valence-electron chi connectivity index (χ4n) is 3.47. The number of rotatable bonds is 6. The zero-order chi connectivity index (χ0) is 22.7. The Kier molecular flexibility index (Phi) is 5.85. The standard InChI is InChI=1S/C24H20F3N3O2/c1-2-19(16-7-4-3-5-8-16)23(31)28-22-15-20(21-9-6-14-32-21)29-30(22)18-12-10-17(11-13-18)24(25,26)27/h3-15,19H,2H2,1H3,(H,28,31). The summed E-state index contributed by atoms with van der Waals surface area (Å²) in [5.74, 6) is 0.175. The van der Waals surface area contributed by atoms with Gasteiger partial charge in [0, 0.05) is 6.07 Å². The van der Waals surface area contributed by atoms with Crippen LogP contribution in [0.4, 0.5) is 19.0 Å². The number of carbonyl (C=O) groups is 1. The Labute approximate surface area is 182 Å². The van der Waals surface area contributed by atoms with E-state index in [0.29, 0.717) is 29.4 Å². The molecule has 1 atom stereocenters. The number of aromatic nitrogens is 2. The number of anilines is 1. The second-order valence-corrected chi connectivity index (χ2v) is 7.21. The van der Waals surface area contributed by atoms with Gasteiger partial charge in [-0.1, -0.05) is 37.3 Å². The van der Waals surface area contributed by atoms with Gasteiger partial charge in [0.1, 0.15) is 11.5 Å². The van der Waals surface area contributed by atoms with Crippen molar-refractivity contribution in [3.8, 4) is 17.1 Å². The highest BCUT2D eigenvalue weighted by Gasteiger charge is 2.30. The third kappa shape index (κ3) is 4.44. The van der Waals surface area contributed by atoms with Crippen LogP contribution >= 0.6 is 0 Å². The van der Waals surface area contributed by atoms with Crippen LogP contribution in [0.25, 0.3) is 17.1 Å². The van der Waals surface area contributed by atoms with E-state index in [9.17, 15) is 18.0 Å². The Bertz CT molecular complexity index is 1180. The number of amides is 1. The van der Waals surface area contributed by atoms with Crippen molar-refractivity contribution in [3.05, 3.63) is 90.2 Å². The average Bonchev–Trinajstić information content (AvgIpc) is 3.45. The Morgan fingerprint density at radius 2 is 1.78 bits per heavy atom. The van der Waals surface area contributed by atoms with Gasteiger partial charge in [0.25, 0.3) is 0 Å². The molecule has 1 N–H and O–H groups in total. The lowest BCUT2D eigenvalue weighted by atomic mass is 9.96. The number of halogens is 3. The summed E-state index contributed by atoms with van der Waals surface area (Å²) in [5.41, 5.74) is 0.927. The molecule has 0 aliphatic heterocycles. The molecule has 0 radical (unpaired) electrons. The smallest absolute Gasteiger partial charge is 0.416 e. The van der Waals surface area contributed by atoms with Crippen LogP contribution in [0.1, 0.15) is 30.4 Å². The number of benzene rings is 2. The molecular formula is C24H20F3N3O2. The van der Waals surface area contributed by atoms with Gasteiger partial charge >= 0.3 is 6.18 Å². The first-order valence-corrected chi connectivity index (χ1v) is 10.0. The van der Waals surface area contributed by atoms with Gasteiger partial charge < -0.3 is 9.73 Å². The lowest BCUT2D eigenvalue weighted by Gasteiger charge is -2.16. The van der Waals surface area contributed by atoms with E-state index >= 15 is 0 Å². The maximum atomic E-state index is 13.1. The van der Waals surface area contributed by atoms with Gasteiger partial charge in [-0.2, -0.15) is 18.3 Å². The first kappa shape index (κ1) is 21.4. The van der Waals surface area contributed by atoms with Gasteiger partial charge in [0.05, 0.1) is 23.4 Å². The second kappa shape index (κ2) is 8.74. The number of nitrogens with one attached hydrogen (secondary N) is 1. The van der Waals surface area contributed by atoms with E-state index in [2.05, 4.69) is 10.4 Å². The van der Waals surface area contributed by atoms with E-state index in [1.165, 1.54) is 23.1 Å². The minimum absolute atomic E-state index is 0.238. The predicted molar refractivity (Wildman–Crippen MR) is 114 cm³/mol. The highest BCUT2D eigenvalue weighted by Crippen LogP contribution is 2.31. The molecule has 0 aliphatic rings. The van der Waals surface area contributed by atoms with E-state index in [0.717, 1.165) is 17.7 Å². The summed E-state index contributed by atoms with van der Waals surface area (Å²) in [4.78, 5) is 13.1. The molecule has 2 aromatic heterocycles. The fourth-order valence-corrected chi connectivity index (χ4v) is 3.47. The summed E-state index contributed by atoms with van der Waals surface area (Å²) in [6.07, 6.45) is -2.37. The molecule has 4 rings (SSSR count). The third-order valence-corrected chi connectivity index (χ3v) is 5.10. The molecular weight excluding hydrogens is 419 g/mol. The number of carbonyl (C=O) groups excluding carboxylic acids is 1. The molecule has 164 valence electrons. The van der Waals surface area contributed by atoms with Crippen molar-refractivity contribution in [2.75, 3.05) is 5.32 Å². The van der Waals surface area contributed by atoms with Crippen molar-refractivity contribution in [3.63, 3.8) is 0 Å². The van der Waals surface area contributed by atoms with Crippen molar-refractivity contribution >= 4 is 11.7 Å².